The van der Waals surface area contributed by atoms with Crippen LogP contribution < -0.4 is 4.74 Å². The predicted molar refractivity (Wildman–Crippen MR) is 112 cm³/mol. The van der Waals surface area contributed by atoms with Crippen LogP contribution in [0.2, 0.25) is 0 Å². The SMILES string of the molecule is COc1ccc2cc(C(OC(=O)C=CC(=O)O)(c3cnc[nH]3)C(C)(C)C)ccc2c1. The van der Waals surface area contributed by atoms with Crippen molar-refractivity contribution in [2.45, 2.75) is 26.4 Å². The second-order valence-corrected chi connectivity index (χ2v) is 7.92. The number of carboxylic acid groups (broad SMARTS) is 1. The van der Waals surface area contributed by atoms with Crippen molar-refractivity contribution in [2.75, 3.05) is 7.11 Å². The second-order valence-electron chi connectivity index (χ2n) is 7.92. The first-order valence-electron chi connectivity index (χ1n) is 9.38. The van der Waals surface area contributed by atoms with Crippen molar-refractivity contribution in [3.63, 3.8) is 0 Å². The van der Waals surface area contributed by atoms with Gasteiger partial charge in [0.15, 0.2) is 5.60 Å². The molecule has 0 radical (unpaired) electrons. The second kappa shape index (κ2) is 8.02. The van der Waals surface area contributed by atoms with Crippen LogP contribution in [0.25, 0.3) is 10.8 Å². The number of rotatable bonds is 6. The maximum atomic E-state index is 12.6. The van der Waals surface area contributed by atoms with Gasteiger partial charge in [0, 0.05) is 23.1 Å². The Hall–Kier alpha value is -3.61. The summed E-state index contributed by atoms with van der Waals surface area (Å²) < 4.78 is 11.3. The van der Waals surface area contributed by atoms with Gasteiger partial charge in [0.2, 0.25) is 0 Å². The van der Waals surface area contributed by atoms with E-state index in [4.69, 9.17) is 14.6 Å². The summed E-state index contributed by atoms with van der Waals surface area (Å²) in [7, 11) is 1.61. The number of imidazole rings is 1. The summed E-state index contributed by atoms with van der Waals surface area (Å²) in [4.78, 5) is 30.6. The highest BCUT2D eigenvalue weighted by Crippen LogP contribution is 2.48. The number of carboxylic acids is 1. The molecule has 3 aromatic rings. The number of carbonyl (C=O) groups is 2. The first-order valence-corrected chi connectivity index (χ1v) is 9.38. The summed E-state index contributed by atoms with van der Waals surface area (Å²) in [6.45, 7) is 5.83. The highest BCUT2D eigenvalue weighted by molar-refractivity contribution is 5.91. The number of ether oxygens (including phenoxy) is 2. The highest BCUT2D eigenvalue weighted by atomic mass is 16.6. The minimum absolute atomic E-state index is 0.583. The number of aromatic amines is 1. The van der Waals surface area contributed by atoms with Crippen LogP contribution in [0.1, 0.15) is 32.0 Å². The summed E-state index contributed by atoms with van der Waals surface area (Å²) in [5.41, 5.74) is -0.529. The lowest BCUT2D eigenvalue weighted by atomic mass is 9.69. The number of esters is 1. The largest absolute Gasteiger partial charge is 0.497 e. The fourth-order valence-electron chi connectivity index (χ4n) is 3.60. The van der Waals surface area contributed by atoms with Crippen LogP contribution in [0.5, 0.6) is 5.75 Å². The molecular formula is C23H24N2O5. The Morgan fingerprint density at radius 3 is 2.37 bits per heavy atom. The van der Waals surface area contributed by atoms with E-state index in [1.54, 1.807) is 13.3 Å². The summed E-state index contributed by atoms with van der Waals surface area (Å²) in [6, 6.07) is 11.5. The van der Waals surface area contributed by atoms with Gasteiger partial charge in [0.05, 0.1) is 25.3 Å². The van der Waals surface area contributed by atoms with Gasteiger partial charge in [0.1, 0.15) is 5.75 Å². The van der Waals surface area contributed by atoms with E-state index < -0.39 is 23.0 Å². The van der Waals surface area contributed by atoms with Gasteiger partial charge in [-0.3, -0.25) is 0 Å². The lowest BCUT2D eigenvalue weighted by Gasteiger charge is -2.43. The molecule has 0 amide bonds. The Balaban J connectivity index is 2.21. The van der Waals surface area contributed by atoms with Crippen molar-refractivity contribution in [1.82, 2.24) is 9.97 Å². The van der Waals surface area contributed by atoms with E-state index in [9.17, 15) is 9.59 Å². The third kappa shape index (κ3) is 3.91. The molecule has 0 aliphatic rings. The molecule has 1 atom stereocenters. The van der Waals surface area contributed by atoms with Gasteiger partial charge in [0.25, 0.3) is 0 Å². The van der Waals surface area contributed by atoms with Gasteiger partial charge in [-0.1, -0.05) is 39.0 Å². The van der Waals surface area contributed by atoms with Crippen molar-refractivity contribution in [3.8, 4) is 5.75 Å². The smallest absolute Gasteiger partial charge is 0.332 e. The Labute approximate surface area is 174 Å². The van der Waals surface area contributed by atoms with Crippen LogP contribution in [0.3, 0.4) is 0 Å². The number of benzene rings is 2. The maximum absolute atomic E-state index is 12.6. The Bertz CT molecular complexity index is 1100. The van der Waals surface area contributed by atoms with Crippen molar-refractivity contribution in [3.05, 3.63) is 72.3 Å². The molecule has 156 valence electrons. The summed E-state index contributed by atoms with van der Waals surface area (Å²) in [5, 5.41) is 10.8. The van der Waals surface area contributed by atoms with Gasteiger partial charge in [-0.25, -0.2) is 14.6 Å². The zero-order valence-corrected chi connectivity index (χ0v) is 17.3. The lowest BCUT2D eigenvalue weighted by Crippen LogP contribution is -2.45. The van der Waals surface area contributed by atoms with Crippen LogP contribution in [-0.2, 0) is 19.9 Å². The van der Waals surface area contributed by atoms with Gasteiger partial charge in [-0.05, 0) is 29.0 Å². The normalized spacial score (nSPS) is 13.9. The van der Waals surface area contributed by atoms with Crippen molar-refractivity contribution in [2.24, 2.45) is 5.41 Å². The minimum Gasteiger partial charge on any atom is -0.497 e. The maximum Gasteiger partial charge on any atom is 0.332 e. The predicted octanol–water partition coefficient (Wildman–Crippen LogP) is 4.05. The standard InChI is InChI=1S/C23H24N2O5/c1-22(2,3)23(19-13-24-14-25-19,30-21(28)10-9-20(26)27)17-7-5-16-12-18(29-4)8-6-15(16)11-17/h5-14H,1-4H3,(H,24,25)(H,26,27). The monoisotopic (exact) mass is 408 g/mol. The van der Waals surface area contributed by atoms with Gasteiger partial charge in [-0.2, -0.15) is 0 Å². The number of carbonyl (C=O) groups excluding carboxylic acids is 1. The average molecular weight is 408 g/mol. The van der Waals surface area contributed by atoms with Crippen molar-refractivity contribution < 1.29 is 24.2 Å². The van der Waals surface area contributed by atoms with Crippen LogP contribution in [0.15, 0.2) is 61.1 Å². The number of nitrogens with zero attached hydrogens (tertiary/aromatic N) is 1. The van der Waals surface area contributed by atoms with Gasteiger partial charge in [-0.15, -0.1) is 0 Å². The first kappa shape index (κ1) is 21.1. The van der Waals surface area contributed by atoms with E-state index in [0.29, 0.717) is 5.69 Å². The van der Waals surface area contributed by atoms with Crippen LogP contribution in [-0.4, -0.2) is 34.1 Å². The third-order valence-electron chi connectivity index (χ3n) is 5.00. The quantitative estimate of drug-likeness (QED) is 0.471. The van der Waals surface area contributed by atoms with E-state index in [-0.39, 0.29) is 0 Å². The molecule has 3 rings (SSSR count). The third-order valence-corrected chi connectivity index (χ3v) is 5.00. The molecule has 0 aliphatic carbocycles. The molecule has 0 aliphatic heterocycles. The zero-order valence-electron chi connectivity index (χ0n) is 17.3. The molecule has 30 heavy (non-hydrogen) atoms. The molecule has 1 aromatic heterocycles. The summed E-state index contributed by atoms with van der Waals surface area (Å²) in [5.74, 6) is -1.25. The Morgan fingerprint density at radius 2 is 1.77 bits per heavy atom. The summed E-state index contributed by atoms with van der Waals surface area (Å²) >= 11 is 0. The van der Waals surface area contributed by atoms with Crippen molar-refractivity contribution in [1.29, 1.82) is 0 Å². The number of hydrogen-bond acceptors (Lipinski definition) is 5. The first-order chi connectivity index (χ1) is 14.2. The van der Waals surface area contributed by atoms with E-state index >= 15 is 0 Å². The van der Waals surface area contributed by atoms with Crippen LogP contribution >= 0.6 is 0 Å². The molecule has 2 N–H and O–H groups in total. The Kier molecular flexibility index (Phi) is 5.64. The zero-order chi connectivity index (χ0) is 21.9. The van der Waals surface area contributed by atoms with E-state index in [1.165, 1.54) is 6.33 Å². The highest BCUT2D eigenvalue weighted by Gasteiger charge is 2.50. The minimum atomic E-state index is -1.24. The average Bonchev–Trinajstić information content (AvgIpc) is 3.23. The number of H-pyrrole nitrogens is 1. The molecule has 2 aromatic carbocycles. The van der Waals surface area contributed by atoms with Crippen LogP contribution in [0.4, 0.5) is 0 Å². The molecule has 0 saturated carbocycles. The molecule has 0 fully saturated rings. The van der Waals surface area contributed by atoms with Gasteiger partial charge >= 0.3 is 11.9 Å². The number of nitrogens with one attached hydrogen (secondary N) is 1. The molecule has 1 heterocycles. The number of fused-ring (bicyclic) bond motifs is 1. The molecule has 7 heteroatoms. The number of hydrogen-bond donors (Lipinski definition) is 2. The van der Waals surface area contributed by atoms with Crippen LogP contribution in [0, 0.1) is 5.41 Å². The fourth-order valence-corrected chi connectivity index (χ4v) is 3.60. The number of aliphatic carboxylic acids is 1. The molecule has 7 nitrogen and oxygen atoms in total. The molecule has 0 bridgehead atoms. The molecule has 0 spiro atoms. The molecular weight excluding hydrogens is 384 g/mol. The number of aromatic nitrogens is 2. The number of methoxy groups -OCH3 is 1. The molecule has 1 unspecified atom stereocenters. The van der Waals surface area contributed by atoms with Crippen molar-refractivity contribution >= 4 is 22.7 Å². The van der Waals surface area contributed by atoms with E-state index in [2.05, 4.69) is 9.97 Å². The fraction of sp³-hybridized carbons (Fsp3) is 0.261. The van der Waals surface area contributed by atoms with Gasteiger partial charge < -0.3 is 19.6 Å². The van der Waals surface area contributed by atoms with E-state index in [0.717, 1.165) is 34.2 Å². The topological polar surface area (TPSA) is 102 Å². The Morgan fingerprint density at radius 1 is 1.07 bits per heavy atom. The summed E-state index contributed by atoms with van der Waals surface area (Å²) in [6.07, 6.45) is 4.79. The van der Waals surface area contributed by atoms with E-state index in [1.807, 2.05) is 57.2 Å². The molecule has 0 saturated heterocycles. The lowest BCUT2D eigenvalue weighted by molar-refractivity contribution is -0.162.